The summed E-state index contributed by atoms with van der Waals surface area (Å²) in [7, 11) is 0. The summed E-state index contributed by atoms with van der Waals surface area (Å²) in [5.41, 5.74) is 17.7. The van der Waals surface area contributed by atoms with Gasteiger partial charge in [0.15, 0.2) is 17.8 Å². The second kappa shape index (κ2) is 17.1. The lowest BCUT2D eigenvalue weighted by Crippen LogP contribution is -2.58. The van der Waals surface area contributed by atoms with E-state index in [-0.39, 0.29) is 43.5 Å². The summed E-state index contributed by atoms with van der Waals surface area (Å²) in [6.07, 6.45) is 4.72. The minimum atomic E-state index is -1.10. The number of aliphatic imine (C=N–C) groups is 1. The normalized spacial score (nSPS) is 18.0. The summed E-state index contributed by atoms with van der Waals surface area (Å²) >= 11 is 0. The van der Waals surface area contributed by atoms with Gasteiger partial charge in [-0.3, -0.25) is 29.0 Å². The molecule has 47 heavy (non-hydrogen) atoms. The molecule has 4 amide bonds. The molecular weight excluding hydrogens is 602 g/mol. The SMILES string of the molecule is NC(=O)[C@H](Cc1ccccc1)NC(=O)[C@H](CCCN=C(N)N)NC(=O)[C@H](CC1CCCCC1)NC(=O)C1CC(=O)c2ccccc2O1. The van der Waals surface area contributed by atoms with E-state index in [0.29, 0.717) is 24.2 Å². The Morgan fingerprint density at radius 2 is 1.49 bits per heavy atom. The van der Waals surface area contributed by atoms with Crippen molar-refractivity contribution in [3.8, 4) is 5.75 Å². The number of carbonyl (C=O) groups excluding carboxylic acids is 5. The van der Waals surface area contributed by atoms with Crippen molar-refractivity contribution in [1.29, 1.82) is 0 Å². The van der Waals surface area contributed by atoms with E-state index in [1.54, 1.807) is 24.3 Å². The molecule has 0 aromatic heterocycles. The Labute approximate surface area is 274 Å². The molecule has 0 spiro atoms. The van der Waals surface area contributed by atoms with E-state index in [1.807, 2.05) is 30.3 Å². The topological polar surface area (TPSA) is 221 Å². The van der Waals surface area contributed by atoms with Gasteiger partial charge < -0.3 is 37.9 Å². The lowest BCUT2D eigenvalue weighted by Gasteiger charge is -2.30. The molecule has 2 aromatic carbocycles. The average molecular weight is 648 g/mol. The Kier molecular flexibility index (Phi) is 12.7. The van der Waals surface area contributed by atoms with Crippen molar-refractivity contribution in [3.63, 3.8) is 0 Å². The first-order valence-electron chi connectivity index (χ1n) is 16.2. The highest BCUT2D eigenvalue weighted by molar-refractivity contribution is 6.03. The van der Waals surface area contributed by atoms with Crippen LogP contribution in [-0.4, -0.2) is 66.1 Å². The van der Waals surface area contributed by atoms with Gasteiger partial charge in [-0.05, 0) is 42.9 Å². The third-order valence-corrected chi connectivity index (χ3v) is 8.57. The number of Topliss-reactive ketones (excluding diaryl/α,β-unsaturated/α-hetero) is 1. The highest BCUT2D eigenvalue weighted by Gasteiger charge is 2.36. The van der Waals surface area contributed by atoms with E-state index >= 15 is 0 Å². The number of fused-ring (bicyclic) bond motifs is 1. The minimum absolute atomic E-state index is 0.104. The predicted octanol–water partition coefficient (Wildman–Crippen LogP) is 1.23. The van der Waals surface area contributed by atoms with Crippen molar-refractivity contribution < 1.29 is 28.7 Å². The van der Waals surface area contributed by atoms with Crippen LogP contribution in [0.4, 0.5) is 0 Å². The Hall–Kier alpha value is -4.94. The van der Waals surface area contributed by atoms with E-state index in [0.717, 1.165) is 37.7 Å². The quantitative estimate of drug-likeness (QED) is 0.0935. The van der Waals surface area contributed by atoms with Crippen LogP contribution in [0.3, 0.4) is 0 Å². The van der Waals surface area contributed by atoms with Crippen molar-refractivity contribution in [1.82, 2.24) is 16.0 Å². The number of rotatable bonds is 15. The zero-order valence-corrected chi connectivity index (χ0v) is 26.5. The predicted molar refractivity (Wildman–Crippen MR) is 176 cm³/mol. The third kappa shape index (κ3) is 10.5. The van der Waals surface area contributed by atoms with Gasteiger partial charge in [0, 0.05) is 13.0 Å². The van der Waals surface area contributed by atoms with Gasteiger partial charge in [0.1, 0.15) is 23.9 Å². The fourth-order valence-electron chi connectivity index (χ4n) is 6.06. The van der Waals surface area contributed by atoms with Gasteiger partial charge in [-0.1, -0.05) is 74.6 Å². The van der Waals surface area contributed by atoms with Gasteiger partial charge in [0.25, 0.3) is 5.91 Å². The zero-order valence-electron chi connectivity index (χ0n) is 26.5. The fourth-order valence-corrected chi connectivity index (χ4v) is 6.06. The molecule has 4 atom stereocenters. The molecule has 1 aliphatic heterocycles. The van der Waals surface area contributed by atoms with Crippen LogP contribution in [0, 0.1) is 5.92 Å². The molecule has 1 saturated carbocycles. The second-order valence-electron chi connectivity index (χ2n) is 12.2. The van der Waals surface area contributed by atoms with Crippen LogP contribution >= 0.6 is 0 Å². The van der Waals surface area contributed by atoms with Crippen molar-refractivity contribution in [2.45, 2.75) is 88.4 Å². The zero-order chi connectivity index (χ0) is 33.8. The van der Waals surface area contributed by atoms with Crippen molar-refractivity contribution in [2.75, 3.05) is 6.54 Å². The second-order valence-corrected chi connectivity index (χ2v) is 12.2. The lowest BCUT2D eigenvalue weighted by atomic mass is 9.84. The van der Waals surface area contributed by atoms with Crippen LogP contribution in [0.1, 0.15) is 73.7 Å². The maximum absolute atomic E-state index is 13.9. The monoisotopic (exact) mass is 647 g/mol. The Morgan fingerprint density at radius 3 is 2.19 bits per heavy atom. The summed E-state index contributed by atoms with van der Waals surface area (Å²) in [4.78, 5) is 69.9. The number of guanidine groups is 1. The molecule has 2 aliphatic rings. The van der Waals surface area contributed by atoms with Crippen LogP contribution in [0.15, 0.2) is 59.6 Å². The largest absolute Gasteiger partial charge is 0.479 e. The first-order valence-corrected chi connectivity index (χ1v) is 16.2. The number of nitrogens with one attached hydrogen (secondary N) is 3. The molecule has 9 N–H and O–H groups in total. The summed E-state index contributed by atoms with van der Waals surface area (Å²) in [6.45, 7) is 0.210. The fraction of sp³-hybridized carbons (Fsp3) is 0.471. The first-order chi connectivity index (χ1) is 22.6. The molecule has 0 bridgehead atoms. The van der Waals surface area contributed by atoms with E-state index in [2.05, 4.69) is 20.9 Å². The molecule has 2 aromatic rings. The van der Waals surface area contributed by atoms with Crippen LogP contribution in [0.5, 0.6) is 5.75 Å². The number of hydrogen-bond acceptors (Lipinski definition) is 7. The molecule has 1 fully saturated rings. The van der Waals surface area contributed by atoms with Gasteiger partial charge in [-0.25, -0.2) is 0 Å². The van der Waals surface area contributed by atoms with Gasteiger partial charge in [0.05, 0.1) is 12.0 Å². The van der Waals surface area contributed by atoms with E-state index in [9.17, 15) is 24.0 Å². The number of ether oxygens (including phenoxy) is 1. The Balaban J connectivity index is 1.50. The lowest BCUT2D eigenvalue weighted by molar-refractivity contribution is -0.135. The maximum atomic E-state index is 13.9. The first kappa shape index (κ1) is 34.9. The van der Waals surface area contributed by atoms with E-state index in [4.69, 9.17) is 21.9 Å². The van der Waals surface area contributed by atoms with E-state index in [1.165, 1.54) is 0 Å². The number of amides is 4. The average Bonchev–Trinajstić information content (AvgIpc) is 3.06. The number of hydrogen-bond donors (Lipinski definition) is 6. The van der Waals surface area contributed by atoms with Gasteiger partial charge in [-0.2, -0.15) is 0 Å². The molecule has 13 nitrogen and oxygen atoms in total. The molecule has 252 valence electrons. The molecule has 13 heteroatoms. The highest BCUT2D eigenvalue weighted by Crippen LogP contribution is 2.29. The summed E-state index contributed by atoms with van der Waals surface area (Å²) < 4.78 is 5.85. The number of ketones is 1. The third-order valence-electron chi connectivity index (χ3n) is 8.57. The smallest absolute Gasteiger partial charge is 0.262 e. The van der Waals surface area contributed by atoms with Crippen molar-refractivity contribution in [2.24, 2.45) is 28.1 Å². The molecule has 0 radical (unpaired) electrons. The van der Waals surface area contributed by atoms with Crippen LogP contribution < -0.4 is 37.9 Å². The molecular formula is C34H45N7O6. The van der Waals surface area contributed by atoms with Crippen molar-refractivity contribution in [3.05, 3.63) is 65.7 Å². The molecule has 1 aliphatic carbocycles. The van der Waals surface area contributed by atoms with Gasteiger partial charge in [0.2, 0.25) is 17.7 Å². The number of nitrogens with two attached hydrogens (primary N) is 3. The van der Waals surface area contributed by atoms with Crippen molar-refractivity contribution >= 4 is 35.4 Å². The highest BCUT2D eigenvalue weighted by atomic mass is 16.5. The van der Waals surface area contributed by atoms with Gasteiger partial charge in [-0.15, -0.1) is 0 Å². The minimum Gasteiger partial charge on any atom is -0.479 e. The molecule has 1 unspecified atom stereocenters. The molecule has 4 rings (SSSR count). The Morgan fingerprint density at radius 1 is 0.830 bits per heavy atom. The van der Waals surface area contributed by atoms with E-state index < -0.39 is 47.9 Å². The maximum Gasteiger partial charge on any atom is 0.262 e. The number of nitrogens with zero attached hydrogens (tertiary/aromatic N) is 1. The summed E-state index contributed by atoms with van der Waals surface area (Å²) in [6, 6.07) is 12.7. The Bertz CT molecular complexity index is 1440. The van der Waals surface area contributed by atoms with Crippen LogP contribution in [0.25, 0.3) is 0 Å². The van der Waals surface area contributed by atoms with Crippen LogP contribution in [0.2, 0.25) is 0 Å². The molecule has 1 heterocycles. The standard InChI is InChI=1S/C34H45N7O6/c35-30(43)25(18-21-10-3-1-4-11-21)40-31(44)24(15-9-17-38-34(36)37)39-32(45)26(19-22-12-5-2-6-13-22)41-33(46)29-20-27(42)23-14-7-8-16-28(23)47-29/h1,3-4,7-8,10-11,14,16,22,24-26,29H,2,5-6,9,12-13,15,17-20H2,(H2,35,43)(H,39,45)(H,40,44)(H,41,46)(H4,36,37,38)/t24-,25-,26-,29?/m0/s1. The molecule has 0 saturated heterocycles. The van der Waals surface area contributed by atoms with Gasteiger partial charge >= 0.3 is 0 Å². The number of benzene rings is 2. The number of primary amides is 1. The number of carbonyl (C=O) groups is 5. The summed E-state index contributed by atoms with van der Waals surface area (Å²) in [5.74, 6) is -2.31. The summed E-state index contributed by atoms with van der Waals surface area (Å²) in [5, 5.41) is 8.30. The van der Waals surface area contributed by atoms with Crippen LogP contribution in [-0.2, 0) is 25.6 Å². The number of para-hydroxylation sites is 1.